The number of carbonyl (C=O) groups excluding carboxylic acids is 1. The summed E-state index contributed by atoms with van der Waals surface area (Å²) in [6, 6.07) is 21.7. The summed E-state index contributed by atoms with van der Waals surface area (Å²) in [7, 11) is 0. The molecule has 1 N–H and O–H groups in total. The van der Waals surface area contributed by atoms with Gasteiger partial charge in [0.05, 0.1) is 0 Å². The molecule has 1 atom stereocenters. The highest BCUT2D eigenvalue weighted by atomic mass is 19.1. The molecule has 144 valence electrons. The number of hydrogen-bond acceptors (Lipinski definition) is 4. The topological polar surface area (TPSA) is 68.0 Å². The van der Waals surface area contributed by atoms with Crippen LogP contribution in [0.1, 0.15) is 33.4 Å². The molecule has 4 aromatic rings. The van der Waals surface area contributed by atoms with Gasteiger partial charge in [-0.25, -0.2) is 4.39 Å². The second-order valence-corrected chi connectivity index (χ2v) is 6.61. The van der Waals surface area contributed by atoms with E-state index in [9.17, 15) is 9.18 Å². The fourth-order valence-corrected chi connectivity index (χ4v) is 3.03. The first-order valence-corrected chi connectivity index (χ1v) is 9.12. The van der Waals surface area contributed by atoms with E-state index >= 15 is 0 Å². The highest BCUT2D eigenvalue weighted by Crippen LogP contribution is 2.27. The Hall–Kier alpha value is -3.80. The number of halogens is 1. The van der Waals surface area contributed by atoms with Crippen LogP contribution in [0.15, 0.2) is 83.3 Å². The summed E-state index contributed by atoms with van der Waals surface area (Å²) in [5.74, 6) is -0.426. The number of amides is 1. The SMILES string of the molecule is Cc1cccc(C(=O)N[C@@H](c2nnc(-c3ccccc3)o2)c2ccccc2F)c1. The summed E-state index contributed by atoms with van der Waals surface area (Å²) in [4.78, 5) is 12.8. The Kier molecular flexibility index (Phi) is 5.16. The van der Waals surface area contributed by atoms with E-state index in [1.54, 1.807) is 36.4 Å². The van der Waals surface area contributed by atoms with Gasteiger partial charge in [0.1, 0.15) is 11.9 Å². The molecule has 0 aliphatic heterocycles. The van der Waals surface area contributed by atoms with Crippen LogP contribution >= 0.6 is 0 Å². The van der Waals surface area contributed by atoms with Crippen LogP contribution in [-0.4, -0.2) is 16.1 Å². The van der Waals surface area contributed by atoms with Gasteiger partial charge in [0.25, 0.3) is 5.91 Å². The summed E-state index contributed by atoms with van der Waals surface area (Å²) in [6.07, 6.45) is 0. The predicted octanol–water partition coefficient (Wildman–Crippen LogP) is 4.70. The van der Waals surface area contributed by atoms with E-state index in [0.717, 1.165) is 11.1 Å². The van der Waals surface area contributed by atoms with Gasteiger partial charge in [0.2, 0.25) is 11.8 Å². The summed E-state index contributed by atoms with van der Waals surface area (Å²) in [5.41, 5.74) is 2.40. The largest absolute Gasteiger partial charge is 0.418 e. The van der Waals surface area contributed by atoms with Gasteiger partial charge in [0, 0.05) is 16.7 Å². The second kappa shape index (κ2) is 8.06. The lowest BCUT2D eigenvalue weighted by Gasteiger charge is -2.16. The van der Waals surface area contributed by atoms with E-state index in [2.05, 4.69) is 15.5 Å². The van der Waals surface area contributed by atoms with Crippen LogP contribution in [0.2, 0.25) is 0 Å². The van der Waals surface area contributed by atoms with Crippen LogP contribution < -0.4 is 5.32 Å². The van der Waals surface area contributed by atoms with Gasteiger partial charge in [-0.05, 0) is 37.3 Å². The van der Waals surface area contributed by atoms with Crippen LogP contribution in [0.3, 0.4) is 0 Å². The van der Waals surface area contributed by atoms with Gasteiger partial charge in [-0.1, -0.05) is 54.1 Å². The van der Waals surface area contributed by atoms with Gasteiger partial charge in [-0.2, -0.15) is 0 Å². The van der Waals surface area contributed by atoms with Crippen molar-refractivity contribution in [3.05, 3.63) is 107 Å². The lowest BCUT2D eigenvalue weighted by Crippen LogP contribution is -2.30. The number of hydrogen-bond donors (Lipinski definition) is 1. The Balaban J connectivity index is 1.71. The fourth-order valence-electron chi connectivity index (χ4n) is 3.03. The van der Waals surface area contributed by atoms with Crippen LogP contribution in [0.5, 0.6) is 0 Å². The number of benzene rings is 3. The zero-order chi connectivity index (χ0) is 20.2. The minimum absolute atomic E-state index is 0.106. The highest BCUT2D eigenvalue weighted by molar-refractivity contribution is 5.94. The number of aryl methyl sites for hydroxylation is 1. The van der Waals surface area contributed by atoms with Gasteiger partial charge in [-0.15, -0.1) is 10.2 Å². The van der Waals surface area contributed by atoms with Crippen molar-refractivity contribution in [2.45, 2.75) is 13.0 Å². The molecule has 5 nitrogen and oxygen atoms in total. The molecule has 0 bridgehead atoms. The molecule has 0 unspecified atom stereocenters. The molecule has 1 aromatic heterocycles. The minimum atomic E-state index is -0.922. The van der Waals surface area contributed by atoms with Crippen molar-refractivity contribution in [3.8, 4) is 11.5 Å². The Morgan fingerprint density at radius 1 is 0.966 bits per heavy atom. The zero-order valence-corrected chi connectivity index (χ0v) is 15.7. The Labute approximate surface area is 167 Å². The third-order valence-corrected chi connectivity index (χ3v) is 4.48. The summed E-state index contributed by atoms with van der Waals surface area (Å²) in [6.45, 7) is 1.90. The van der Waals surface area contributed by atoms with Crippen molar-refractivity contribution in [1.29, 1.82) is 0 Å². The van der Waals surface area contributed by atoms with Crippen LogP contribution in [0.4, 0.5) is 4.39 Å². The monoisotopic (exact) mass is 387 g/mol. The average molecular weight is 387 g/mol. The highest BCUT2D eigenvalue weighted by Gasteiger charge is 2.26. The van der Waals surface area contributed by atoms with Gasteiger partial charge < -0.3 is 9.73 Å². The fraction of sp³-hybridized carbons (Fsp3) is 0.0870. The second-order valence-electron chi connectivity index (χ2n) is 6.61. The lowest BCUT2D eigenvalue weighted by atomic mass is 10.0. The molecule has 0 fully saturated rings. The van der Waals surface area contributed by atoms with E-state index in [1.165, 1.54) is 6.07 Å². The molecule has 1 heterocycles. The molecule has 4 rings (SSSR count). The molecule has 0 spiro atoms. The third kappa shape index (κ3) is 4.06. The molecule has 0 aliphatic rings. The van der Waals surface area contributed by atoms with E-state index in [1.807, 2.05) is 43.3 Å². The van der Waals surface area contributed by atoms with Crippen molar-refractivity contribution in [2.24, 2.45) is 0 Å². The summed E-state index contributed by atoms with van der Waals surface area (Å²) in [5, 5.41) is 11.0. The van der Waals surface area contributed by atoms with Crippen molar-refractivity contribution in [2.75, 3.05) is 0 Å². The van der Waals surface area contributed by atoms with Crippen LogP contribution in [0.25, 0.3) is 11.5 Å². The average Bonchev–Trinajstić information content (AvgIpc) is 3.23. The van der Waals surface area contributed by atoms with E-state index in [0.29, 0.717) is 11.5 Å². The molecule has 0 radical (unpaired) electrons. The molecular weight excluding hydrogens is 369 g/mol. The Morgan fingerprint density at radius 3 is 2.48 bits per heavy atom. The van der Waals surface area contributed by atoms with Crippen LogP contribution in [0, 0.1) is 12.7 Å². The third-order valence-electron chi connectivity index (χ3n) is 4.48. The van der Waals surface area contributed by atoms with E-state index < -0.39 is 11.9 Å². The quantitative estimate of drug-likeness (QED) is 0.539. The van der Waals surface area contributed by atoms with Gasteiger partial charge >= 0.3 is 0 Å². The first-order valence-electron chi connectivity index (χ1n) is 9.12. The smallest absolute Gasteiger partial charge is 0.252 e. The molecule has 6 heteroatoms. The van der Waals surface area contributed by atoms with Gasteiger partial charge in [0.15, 0.2) is 0 Å². The maximum Gasteiger partial charge on any atom is 0.252 e. The predicted molar refractivity (Wildman–Crippen MR) is 107 cm³/mol. The van der Waals surface area contributed by atoms with Crippen LogP contribution in [-0.2, 0) is 0 Å². The first-order chi connectivity index (χ1) is 14.1. The standard InChI is InChI=1S/C23H18FN3O2/c1-15-8-7-11-17(14-15)21(28)25-20(18-12-5-6-13-19(18)24)23-27-26-22(29-23)16-9-3-2-4-10-16/h2-14,20H,1H3,(H,25,28)/t20-/m1/s1. The molecule has 0 saturated heterocycles. The normalized spacial score (nSPS) is 11.8. The van der Waals surface area contributed by atoms with Crippen molar-refractivity contribution >= 4 is 5.91 Å². The number of aromatic nitrogens is 2. The lowest BCUT2D eigenvalue weighted by molar-refractivity contribution is 0.0937. The number of rotatable bonds is 5. The van der Waals surface area contributed by atoms with E-state index in [4.69, 9.17) is 4.42 Å². The van der Waals surface area contributed by atoms with Gasteiger partial charge in [-0.3, -0.25) is 4.79 Å². The Bertz CT molecular complexity index is 1140. The molecule has 1 amide bonds. The van der Waals surface area contributed by atoms with Crippen molar-refractivity contribution < 1.29 is 13.6 Å². The number of nitrogens with zero attached hydrogens (tertiary/aromatic N) is 2. The summed E-state index contributed by atoms with van der Waals surface area (Å²) < 4.78 is 20.3. The maximum absolute atomic E-state index is 14.5. The summed E-state index contributed by atoms with van der Waals surface area (Å²) >= 11 is 0. The van der Waals surface area contributed by atoms with E-state index in [-0.39, 0.29) is 17.4 Å². The Morgan fingerprint density at radius 2 is 1.72 bits per heavy atom. The first kappa shape index (κ1) is 18.6. The molecular formula is C23H18FN3O2. The maximum atomic E-state index is 14.5. The molecule has 3 aromatic carbocycles. The number of nitrogens with one attached hydrogen (secondary N) is 1. The zero-order valence-electron chi connectivity index (χ0n) is 15.7. The minimum Gasteiger partial charge on any atom is -0.418 e. The molecule has 29 heavy (non-hydrogen) atoms. The van der Waals surface area contributed by atoms with Crippen molar-refractivity contribution in [3.63, 3.8) is 0 Å². The molecule has 0 aliphatic carbocycles. The van der Waals surface area contributed by atoms with Crippen molar-refractivity contribution in [1.82, 2.24) is 15.5 Å². The number of carbonyl (C=O) groups is 1. The molecule has 0 saturated carbocycles.